The second kappa shape index (κ2) is 10.5. The summed E-state index contributed by atoms with van der Waals surface area (Å²) in [5, 5.41) is 16.5. The average molecular weight is 381 g/mol. The van der Waals surface area contributed by atoms with E-state index in [4.69, 9.17) is 16.3 Å². The molecule has 3 N–H and O–H groups in total. The Kier molecular flexibility index (Phi) is 8.32. The van der Waals surface area contributed by atoms with Gasteiger partial charge in [-0.05, 0) is 44.2 Å². The molecule has 2 atom stereocenters. The van der Waals surface area contributed by atoms with Crippen LogP contribution in [0.5, 0.6) is 5.75 Å². The fourth-order valence-electron chi connectivity index (χ4n) is 2.62. The number of likely N-dealkylation sites (N-methyl/N-ethyl adjacent to an activating group) is 1. The molecule has 0 fully saturated rings. The first-order valence-electron chi connectivity index (χ1n) is 8.73. The minimum atomic E-state index is -0.945. The van der Waals surface area contributed by atoms with Gasteiger partial charge < -0.3 is 20.5 Å². The Balaban J connectivity index is 1.81. The SMILES string of the molecule is CNCCOc1ccc(CC(C)NCC(O)c2cccc(Cl)c2F)cc1. The van der Waals surface area contributed by atoms with Crippen LogP contribution >= 0.6 is 11.6 Å². The first-order chi connectivity index (χ1) is 12.5. The van der Waals surface area contributed by atoms with Gasteiger partial charge >= 0.3 is 0 Å². The van der Waals surface area contributed by atoms with Gasteiger partial charge in [-0.25, -0.2) is 4.39 Å². The summed E-state index contributed by atoms with van der Waals surface area (Å²) < 4.78 is 19.5. The van der Waals surface area contributed by atoms with Crippen molar-refractivity contribution >= 4 is 11.6 Å². The average Bonchev–Trinajstić information content (AvgIpc) is 2.63. The molecule has 0 aromatic heterocycles. The molecule has 0 spiro atoms. The topological polar surface area (TPSA) is 53.5 Å². The summed E-state index contributed by atoms with van der Waals surface area (Å²) in [7, 11) is 1.89. The van der Waals surface area contributed by atoms with E-state index in [9.17, 15) is 9.50 Å². The number of aliphatic hydroxyl groups is 1. The van der Waals surface area contributed by atoms with Crippen LogP contribution in [0.4, 0.5) is 4.39 Å². The molecule has 0 bridgehead atoms. The highest BCUT2D eigenvalue weighted by Gasteiger charge is 2.15. The van der Waals surface area contributed by atoms with Gasteiger partial charge in [0.2, 0.25) is 0 Å². The molecule has 0 heterocycles. The van der Waals surface area contributed by atoms with Gasteiger partial charge in [-0.2, -0.15) is 0 Å². The second-order valence-corrected chi connectivity index (χ2v) is 6.68. The maximum absolute atomic E-state index is 13.9. The fraction of sp³-hybridized carbons (Fsp3) is 0.400. The first kappa shape index (κ1) is 20.6. The Morgan fingerprint density at radius 3 is 2.62 bits per heavy atom. The third-order valence-corrected chi connectivity index (χ3v) is 4.38. The minimum absolute atomic E-state index is 0.0200. The van der Waals surface area contributed by atoms with Gasteiger partial charge in [-0.1, -0.05) is 35.9 Å². The molecular formula is C20H26ClFN2O2. The van der Waals surface area contributed by atoms with E-state index in [0.29, 0.717) is 6.61 Å². The number of aliphatic hydroxyl groups excluding tert-OH is 1. The maximum atomic E-state index is 13.9. The Hall–Kier alpha value is -1.66. The Bertz CT molecular complexity index is 682. The molecule has 0 amide bonds. The molecule has 0 saturated carbocycles. The summed E-state index contributed by atoms with van der Waals surface area (Å²) in [6.07, 6.45) is -0.152. The van der Waals surface area contributed by atoms with Crippen LogP contribution in [-0.4, -0.2) is 37.9 Å². The molecule has 2 aromatic carbocycles. The van der Waals surface area contributed by atoms with E-state index in [0.717, 1.165) is 24.3 Å². The van der Waals surface area contributed by atoms with Crippen molar-refractivity contribution in [2.24, 2.45) is 0 Å². The van der Waals surface area contributed by atoms with Crippen LogP contribution in [0.2, 0.25) is 5.02 Å². The summed E-state index contributed by atoms with van der Waals surface area (Å²) in [6.45, 7) is 3.71. The second-order valence-electron chi connectivity index (χ2n) is 6.27. The van der Waals surface area contributed by atoms with Gasteiger partial charge in [0.25, 0.3) is 0 Å². The van der Waals surface area contributed by atoms with Crippen LogP contribution in [0.25, 0.3) is 0 Å². The highest BCUT2D eigenvalue weighted by Crippen LogP contribution is 2.23. The first-order valence-corrected chi connectivity index (χ1v) is 9.10. The molecule has 0 aliphatic rings. The lowest BCUT2D eigenvalue weighted by atomic mass is 10.1. The maximum Gasteiger partial charge on any atom is 0.147 e. The highest BCUT2D eigenvalue weighted by atomic mass is 35.5. The largest absolute Gasteiger partial charge is 0.492 e. The fourth-order valence-corrected chi connectivity index (χ4v) is 2.80. The monoisotopic (exact) mass is 380 g/mol. The van der Waals surface area contributed by atoms with E-state index >= 15 is 0 Å². The van der Waals surface area contributed by atoms with Crippen molar-refractivity contribution in [3.8, 4) is 5.75 Å². The van der Waals surface area contributed by atoms with Gasteiger partial charge in [0.05, 0.1) is 11.1 Å². The van der Waals surface area contributed by atoms with E-state index < -0.39 is 11.9 Å². The molecule has 142 valence electrons. The van der Waals surface area contributed by atoms with Crippen molar-refractivity contribution in [3.05, 3.63) is 64.4 Å². The molecule has 6 heteroatoms. The van der Waals surface area contributed by atoms with Crippen LogP contribution in [0.3, 0.4) is 0 Å². The number of rotatable bonds is 10. The van der Waals surface area contributed by atoms with Crippen LogP contribution in [-0.2, 0) is 6.42 Å². The number of halogens is 2. The minimum Gasteiger partial charge on any atom is -0.492 e. The molecule has 2 aromatic rings. The molecule has 2 rings (SSSR count). The zero-order chi connectivity index (χ0) is 18.9. The quantitative estimate of drug-likeness (QED) is 0.553. The zero-order valence-electron chi connectivity index (χ0n) is 15.1. The summed E-state index contributed by atoms with van der Waals surface area (Å²) in [4.78, 5) is 0. The molecule has 4 nitrogen and oxygen atoms in total. The van der Waals surface area contributed by atoms with Crippen molar-refractivity contribution < 1.29 is 14.2 Å². The molecule has 0 saturated heterocycles. The molecule has 26 heavy (non-hydrogen) atoms. The van der Waals surface area contributed by atoms with Gasteiger partial charge in [0.1, 0.15) is 18.2 Å². The van der Waals surface area contributed by atoms with Crippen molar-refractivity contribution in [2.45, 2.75) is 25.5 Å². The van der Waals surface area contributed by atoms with Crippen LogP contribution in [0, 0.1) is 5.82 Å². The lowest BCUT2D eigenvalue weighted by Gasteiger charge is -2.18. The van der Waals surface area contributed by atoms with Gasteiger partial charge in [-0.3, -0.25) is 0 Å². The van der Waals surface area contributed by atoms with E-state index in [1.54, 1.807) is 12.1 Å². The van der Waals surface area contributed by atoms with Crippen molar-refractivity contribution in [1.29, 1.82) is 0 Å². The predicted octanol–water partition coefficient (Wildman–Crippen LogP) is 3.33. The number of ether oxygens (including phenoxy) is 1. The molecular weight excluding hydrogens is 355 g/mol. The van der Waals surface area contributed by atoms with Gasteiger partial charge in [-0.15, -0.1) is 0 Å². The lowest BCUT2D eigenvalue weighted by Crippen LogP contribution is -2.32. The van der Waals surface area contributed by atoms with Crippen molar-refractivity contribution in [3.63, 3.8) is 0 Å². The summed E-state index contributed by atoms with van der Waals surface area (Å²) in [6, 6.07) is 12.7. The van der Waals surface area contributed by atoms with Crippen molar-refractivity contribution in [1.82, 2.24) is 10.6 Å². The highest BCUT2D eigenvalue weighted by molar-refractivity contribution is 6.30. The third kappa shape index (κ3) is 6.25. The van der Waals surface area contributed by atoms with E-state index in [2.05, 4.69) is 10.6 Å². The Morgan fingerprint density at radius 2 is 1.92 bits per heavy atom. The number of benzene rings is 2. The summed E-state index contributed by atoms with van der Waals surface area (Å²) in [5.74, 6) is 0.279. The predicted molar refractivity (Wildman–Crippen MR) is 103 cm³/mol. The molecule has 2 unspecified atom stereocenters. The Labute approximate surface area is 159 Å². The van der Waals surface area contributed by atoms with E-state index in [1.165, 1.54) is 6.07 Å². The summed E-state index contributed by atoms with van der Waals surface area (Å²) in [5.41, 5.74) is 1.37. The normalized spacial score (nSPS) is 13.4. The third-order valence-electron chi connectivity index (χ3n) is 4.09. The van der Waals surface area contributed by atoms with Gasteiger partial charge in [0.15, 0.2) is 0 Å². The van der Waals surface area contributed by atoms with Crippen LogP contribution in [0.1, 0.15) is 24.2 Å². The molecule has 0 aliphatic carbocycles. The van der Waals surface area contributed by atoms with Crippen LogP contribution in [0.15, 0.2) is 42.5 Å². The zero-order valence-corrected chi connectivity index (χ0v) is 15.9. The van der Waals surface area contributed by atoms with Gasteiger partial charge in [0, 0.05) is 24.7 Å². The molecule has 0 radical (unpaired) electrons. The number of hydrogen-bond donors (Lipinski definition) is 3. The van der Waals surface area contributed by atoms with E-state index in [1.807, 2.05) is 38.2 Å². The molecule has 0 aliphatic heterocycles. The smallest absolute Gasteiger partial charge is 0.147 e. The van der Waals surface area contributed by atoms with E-state index in [-0.39, 0.29) is 23.2 Å². The lowest BCUT2D eigenvalue weighted by molar-refractivity contribution is 0.166. The summed E-state index contributed by atoms with van der Waals surface area (Å²) >= 11 is 5.76. The van der Waals surface area contributed by atoms with Crippen molar-refractivity contribution in [2.75, 3.05) is 26.7 Å². The standard InChI is InChI=1S/C20H26ClFN2O2/c1-14(12-15-6-8-16(9-7-15)26-11-10-23-2)24-13-19(25)17-4-3-5-18(21)20(17)22/h3-9,14,19,23-25H,10-13H2,1-2H3. The number of nitrogens with one attached hydrogen (secondary N) is 2. The Morgan fingerprint density at radius 1 is 1.19 bits per heavy atom. The van der Waals surface area contributed by atoms with Crippen LogP contribution < -0.4 is 15.4 Å². The number of hydrogen-bond acceptors (Lipinski definition) is 4.